The summed E-state index contributed by atoms with van der Waals surface area (Å²) in [5.74, 6) is 0.261. The molecule has 2 nitrogen and oxygen atoms in total. The molecule has 0 aliphatic heterocycles. The molecule has 0 unspecified atom stereocenters. The molecule has 2 aromatic carbocycles. The van der Waals surface area contributed by atoms with E-state index < -0.39 is 0 Å². The summed E-state index contributed by atoms with van der Waals surface area (Å²) in [6, 6.07) is 11.2. The number of hydrogen-bond acceptors (Lipinski definition) is 3. The molecule has 0 atom stereocenters. The van der Waals surface area contributed by atoms with Gasteiger partial charge in [0.15, 0.2) is 5.78 Å². The first-order valence-electron chi connectivity index (χ1n) is 6.68. The predicted molar refractivity (Wildman–Crippen MR) is 89.2 cm³/mol. The van der Waals surface area contributed by atoms with Gasteiger partial charge in [-0.15, -0.1) is 11.8 Å². The lowest BCUT2D eigenvalue weighted by atomic mass is 10.0. The first-order valence-corrected chi connectivity index (χ1v) is 7.90. The van der Waals surface area contributed by atoms with Crippen molar-refractivity contribution in [3.05, 3.63) is 64.7 Å². The molecule has 0 aliphatic carbocycles. The third kappa shape index (κ3) is 3.76. The van der Waals surface area contributed by atoms with Gasteiger partial charge in [0.25, 0.3) is 0 Å². The number of allylic oxidation sites excluding steroid dienone is 1. The normalized spacial score (nSPS) is 11.0. The van der Waals surface area contributed by atoms with Crippen LogP contribution in [0.1, 0.15) is 27.0 Å². The summed E-state index contributed by atoms with van der Waals surface area (Å²) in [4.78, 5) is 13.3. The Morgan fingerprint density at radius 1 is 1.10 bits per heavy atom. The molecule has 0 saturated carbocycles. The number of phenolic OH excluding ortho intramolecular Hbond substituents is 1. The molecule has 2 rings (SSSR count). The number of thioether (sulfide) groups is 1. The molecule has 0 amide bonds. The van der Waals surface area contributed by atoms with Crippen LogP contribution in [-0.4, -0.2) is 17.1 Å². The minimum absolute atomic E-state index is 0.0206. The highest BCUT2D eigenvalue weighted by Crippen LogP contribution is 2.22. The summed E-state index contributed by atoms with van der Waals surface area (Å²) >= 11 is 1.65. The van der Waals surface area contributed by atoms with Crippen molar-refractivity contribution in [3.63, 3.8) is 0 Å². The zero-order chi connectivity index (χ0) is 15.4. The highest BCUT2D eigenvalue weighted by atomic mass is 32.2. The van der Waals surface area contributed by atoms with E-state index in [1.807, 2.05) is 50.4 Å². The second-order valence-corrected chi connectivity index (χ2v) is 5.80. The minimum atomic E-state index is -0.0206. The summed E-state index contributed by atoms with van der Waals surface area (Å²) < 4.78 is 0. The first-order chi connectivity index (χ1) is 10.0. The molecule has 0 saturated heterocycles. The second kappa shape index (κ2) is 6.64. The number of phenols is 1. The monoisotopic (exact) mass is 298 g/mol. The summed E-state index contributed by atoms with van der Waals surface area (Å²) in [6.45, 7) is 3.76. The zero-order valence-corrected chi connectivity index (χ0v) is 13.2. The Hall–Kier alpha value is -2.00. The number of benzene rings is 2. The molecule has 0 bridgehead atoms. The fourth-order valence-electron chi connectivity index (χ4n) is 2.02. The van der Waals surface area contributed by atoms with E-state index in [0.29, 0.717) is 5.56 Å². The summed E-state index contributed by atoms with van der Waals surface area (Å²) in [7, 11) is 0. The van der Waals surface area contributed by atoms with Crippen LogP contribution in [0, 0.1) is 13.8 Å². The van der Waals surface area contributed by atoms with Crippen LogP contribution in [0.3, 0.4) is 0 Å². The SMILES string of the molecule is CSc1ccc(C(=O)/C=C/c2cc(C)c(O)cc2C)cc1. The zero-order valence-electron chi connectivity index (χ0n) is 12.4. The molecular formula is C18H18O2S. The van der Waals surface area contributed by atoms with E-state index in [-0.39, 0.29) is 11.5 Å². The van der Waals surface area contributed by atoms with Crippen molar-refractivity contribution in [2.24, 2.45) is 0 Å². The van der Waals surface area contributed by atoms with Gasteiger partial charge in [-0.05, 0) is 79.3 Å². The third-order valence-electron chi connectivity index (χ3n) is 3.37. The van der Waals surface area contributed by atoms with E-state index in [1.54, 1.807) is 30.0 Å². The minimum Gasteiger partial charge on any atom is -0.508 e. The highest BCUT2D eigenvalue weighted by molar-refractivity contribution is 7.98. The third-order valence-corrected chi connectivity index (χ3v) is 4.12. The van der Waals surface area contributed by atoms with E-state index in [2.05, 4.69) is 0 Å². The van der Waals surface area contributed by atoms with Crippen molar-refractivity contribution in [2.45, 2.75) is 18.7 Å². The lowest BCUT2D eigenvalue weighted by Crippen LogP contribution is -1.94. The summed E-state index contributed by atoms with van der Waals surface area (Å²) in [5, 5.41) is 9.64. The van der Waals surface area contributed by atoms with E-state index >= 15 is 0 Å². The molecule has 108 valence electrons. The summed E-state index contributed by atoms with van der Waals surface area (Å²) in [6.07, 6.45) is 5.38. The molecule has 0 fully saturated rings. The van der Waals surface area contributed by atoms with Gasteiger partial charge < -0.3 is 5.11 Å². The van der Waals surface area contributed by atoms with Crippen LogP contribution in [0.25, 0.3) is 6.08 Å². The van der Waals surface area contributed by atoms with Crippen molar-refractivity contribution >= 4 is 23.6 Å². The van der Waals surface area contributed by atoms with E-state index in [4.69, 9.17) is 0 Å². The van der Waals surface area contributed by atoms with E-state index in [0.717, 1.165) is 21.6 Å². The number of rotatable bonds is 4. The molecular weight excluding hydrogens is 280 g/mol. The molecule has 3 heteroatoms. The van der Waals surface area contributed by atoms with Crippen molar-refractivity contribution in [1.82, 2.24) is 0 Å². The topological polar surface area (TPSA) is 37.3 Å². The van der Waals surface area contributed by atoms with Gasteiger partial charge in [-0.2, -0.15) is 0 Å². The smallest absolute Gasteiger partial charge is 0.185 e. The maximum Gasteiger partial charge on any atom is 0.185 e. The van der Waals surface area contributed by atoms with Gasteiger partial charge in [-0.25, -0.2) is 0 Å². The van der Waals surface area contributed by atoms with Crippen LogP contribution in [0.2, 0.25) is 0 Å². The summed E-state index contributed by atoms with van der Waals surface area (Å²) in [5.41, 5.74) is 3.37. The maximum atomic E-state index is 12.1. The Kier molecular flexibility index (Phi) is 4.86. The van der Waals surface area contributed by atoms with Crippen LogP contribution in [-0.2, 0) is 0 Å². The van der Waals surface area contributed by atoms with Crippen LogP contribution < -0.4 is 0 Å². The molecule has 0 aromatic heterocycles. The fourth-order valence-corrected chi connectivity index (χ4v) is 2.43. The lowest BCUT2D eigenvalue weighted by molar-refractivity contribution is 0.104. The highest BCUT2D eigenvalue weighted by Gasteiger charge is 2.04. The van der Waals surface area contributed by atoms with Crippen molar-refractivity contribution in [3.8, 4) is 5.75 Å². The van der Waals surface area contributed by atoms with Crippen molar-refractivity contribution in [2.75, 3.05) is 6.26 Å². The Morgan fingerprint density at radius 3 is 2.38 bits per heavy atom. The van der Waals surface area contributed by atoms with Crippen LogP contribution in [0.5, 0.6) is 5.75 Å². The standard InChI is InChI=1S/C18H18O2S/c1-12-11-18(20)13(2)10-15(12)6-9-17(19)14-4-7-16(21-3)8-5-14/h4-11,20H,1-3H3/b9-6+. The predicted octanol–water partition coefficient (Wildman–Crippen LogP) is 4.63. The van der Waals surface area contributed by atoms with Gasteiger partial charge in [-0.3, -0.25) is 4.79 Å². The quantitative estimate of drug-likeness (QED) is 0.508. The van der Waals surface area contributed by atoms with E-state index in [1.165, 1.54) is 0 Å². The van der Waals surface area contributed by atoms with Gasteiger partial charge in [0.2, 0.25) is 0 Å². The van der Waals surface area contributed by atoms with Crippen molar-refractivity contribution < 1.29 is 9.90 Å². The molecule has 0 heterocycles. The lowest BCUT2D eigenvalue weighted by Gasteiger charge is -2.05. The van der Waals surface area contributed by atoms with Gasteiger partial charge in [0.05, 0.1) is 0 Å². The number of carbonyl (C=O) groups is 1. The molecule has 21 heavy (non-hydrogen) atoms. The Labute approximate surface area is 129 Å². The van der Waals surface area contributed by atoms with Crippen LogP contribution in [0.4, 0.5) is 0 Å². The number of ketones is 1. The molecule has 0 aliphatic rings. The Bertz CT molecular complexity index is 685. The molecule has 0 radical (unpaired) electrons. The maximum absolute atomic E-state index is 12.1. The number of aryl methyl sites for hydroxylation is 2. The largest absolute Gasteiger partial charge is 0.508 e. The van der Waals surface area contributed by atoms with E-state index in [9.17, 15) is 9.90 Å². The van der Waals surface area contributed by atoms with Gasteiger partial charge in [0, 0.05) is 10.5 Å². The number of hydrogen-bond donors (Lipinski definition) is 1. The van der Waals surface area contributed by atoms with Crippen LogP contribution >= 0.6 is 11.8 Å². The first kappa shape index (κ1) is 15.4. The molecule has 1 N–H and O–H groups in total. The Balaban J connectivity index is 2.20. The van der Waals surface area contributed by atoms with Gasteiger partial charge in [0.1, 0.15) is 5.75 Å². The molecule has 2 aromatic rings. The second-order valence-electron chi connectivity index (χ2n) is 4.92. The Morgan fingerprint density at radius 2 is 1.76 bits per heavy atom. The van der Waals surface area contributed by atoms with Gasteiger partial charge >= 0.3 is 0 Å². The number of aromatic hydroxyl groups is 1. The average Bonchev–Trinajstić information content (AvgIpc) is 2.49. The molecule has 0 spiro atoms. The fraction of sp³-hybridized carbons (Fsp3) is 0.167. The average molecular weight is 298 g/mol. The van der Waals surface area contributed by atoms with Gasteiger partial charge in [-0.1, -0.05) is 6.08 Å². The van der Waals surface area contributed by atoms with Crippen molar-refractivity contribution in [1.29, 1.82) is 0 Å². The van der Waals surface area contributed by atoms with Crippen LogP contribution in [0.15, 0.2) is 47.4 Å². The number of carbonyl (C=O) groups excluding carboxylic acids is 1.